The summed E-state index contributed by atoms with van der Waals surface area (Å²) in [6.45, 7) is 11.3. The molecule has 9 heteroatoms. The number of rotatable bonds is 12. The van der Waals surface area contributed by atoms with Crippen LogP contribution in [0.1, 0.15) is 19.4 Å². The molecule has 0 fully saturated rings. The molecule has 0 heterocycles. The Hall–Kier alpha value is -2.13. The lowest BCUT2D eigenvalue weighted by molar-refractivity contribution is 0.0358. The van der Waals surface area contributed by atoms with Crippen LogP contribution in [0.2, 0.25) is 25.7 Å². The van der Waals surface area contributed by atoms with E-state index in [1.54, 1.807) is 31.3 Å². The van der Waals surface area contributed by atoms with Crippen LogP contribution in [0.25, 0.3) is 0 Å². The first kappa shape index (κ1) is 24.9. The van der Waals surface area contributed by atoms with Gasteiger partial charge < -0.3 is 14.2 Å². The summed E-state index contributed by atoms with van der Waals surface area (Å²) < 4.78 is 44.9. The van der Waals surface area contributed by atoms with E-state index in [1.165, 1.54) is 20.3 Å². The van der Waals surface area contributed by atoms with Crippen LogP contribution in [0, 0.1) is 11.6 Å². The molecule has 1 aromatic carbocycles. The van der Waals surface area contributed by atoms with Gasteiger partial charge >= 0.3 is 0 Å². The predicted molar refractivity (Wildman–Crippen MR) is 115 cm³/mol. The van der Waals surface area contributed by atoms with Gasteiger partial charge in [0.05, 0.1) is 14.2 Å². The number of nitrogens with zero attached hydrogens (tertiary/aromatic N) is 2. The number of allylic oxidation sites excluding steroid dienone is 1. The van der Waals surface area contributed by atoms with E-state index in [1.807, 2.05) is 0 Å². The highest BCUT2D eigenvalue weighted by Gasteiger charge is 2.20. The van der Waals surface area contributed by atoms with Gasteiger partial charge in [0, 0.05) is 45.1 Å². The number of ether oxygens (including phenoxy) is 3. The maximum Gasteiger partial charge on any atom is 0.171 e. The fourth-order valence-electron chi connectivity index (χ4n) is 2.45. The molecule has 6 nitrogen and oxygen atoms in total. The Balaban J connectivity index is 2.95. The first-order chi connectivity index (χ1) is 13.6. The summed E-state index contributed by atoms with van der Waals surface area (Å²) in [4.78, 5) is 0. The maximum absolute atomic E-state index is 14.6. The molecule has 1 aromatic rings. The van der Waals surface area contributed by atoms with E-state index in [9.17, 15) is 8.78 Å². The summed E-state index contributed by atoms with van der Waals surface area (Å²) in [5.74, 6) is -1.61. The second-order valence-corrected chi connectivity index (χ2v) is 13.5. The number of benzene rings is 1. The van der Waals surface area contributed by atoms with Gasteiger partial charge in [-0.3, -0.25) is 5.01 Å². The van der Waals surface area contributed by atoms with Crippen molar-refractivity contribution >= 4 is 14.3 Å². The Bertz CT molecular complexity index is 694. The summed E-state index contributed by atoms with van der Waals surface area (Å²) in [6, 6.07) is 2.24. The SMILES string of the molecule is C/C=N\NN(/C=C(\C)Cc1c(F)c(OC)cc(OC)c1F)COCC[Si](C)(C)C. The molecule has 1 N–H and O–H groups in total. The van der Waals surface area contributed by atoms with Crippen LogP contribution >= 0.6 is 0 Å². The van der Waals surface area contributed by atoms with E-state index in [4.69, 9.17) is 14.2 Å². The largest absolute Gasteiger partial charge is 0.494 e. The quantitative estimate of drug-likeness (QED) is 0.174. The number of halogens is 2. The van der Waals surface area contributed by atoms with Crippen molar-refractivity contribution in [3.63, 3.8) is 0 Å². The van der Waals surface area contributed by atoms with Gasteiger partial charge in [0.25, 0.3) is 0 Å². The second-order valence-electron chi connectivity index (χ2n) is 7.84. The summed E-state index contributed by atoms with van der Waals surface area (Å²) in [6.07, 6.45) is 3.35. The minimum Gasteiger partial charge on any atom is -0.494 e. The van der Waals surface area contributed by atoms with E-state index >= 15 is 0 Å². The highest BCUT2D eigenvalue weighted by molar-refractivity contribution is 6.76. The Morgan fingerprint density at radius 3 is 2.24 bits per heavy atom. The molecule has 0 aromatic heterocycles. The molecule has 29 heavy (non-hydrogen) atoms. The van der Waals surface area contributed by atoms with E-state index in [0.717, 1.165) is 6.04 Å². The van der Waals surface area contributed by atoms with Crippen molar-refractivity contribution in [2.75, 3.05) is 27.6 Å². The van der Waals surface area contributed by atoms with Crippen LogP contribution in [0.15, 0.2) is 22.9 Å². The van der Waals surface area contributed by atoms with Gasteiger partial charge in [0.15, 0.2) is 23.1 Å². The Morgan fingerprint density at radius 2 is 1.76 bits per heavy atom. The van der Waals surface area contributed by atoms with Crippen LogP contribution in [0.3, 0.4) is 0 Å². The molecular weight excluding hydrogens is 396 g/mol. The molecule has 1 rings (SSSR count). The lowest BCUT2D eigenvalue weighted by atomic mass is 10.0. The molecule has 0 aliphatic rings. The highest BCUT2D eigenvalue weighted by Crippen LogP contribution is 2.32. The molecule has 0 aliphatic heterocycles. The van der Waals surface area contributed by atoms with Crippen molar-refractivity contribution < 1.29 is 23.0 Å². The van der Waals surface area contributed by atoms with E-state index in [2.05, 4.69) is 30.3 Å². The normalized spacial score (nSPS) is 12.4. The van der Waals surface area contributed by atoms with Crippen LogP contribution in [0.5, 0.6) is 11.5 Å². The highest BCUT2D eigenvalue weighted by atomic mass is 28.3. The average molecular weight is 430 g/mol. The summed E-state index contributed by atoms with van der Waals surface area (Å²) in [5, 5.41) is 5.63. The van der Waals surface area contributed by atoms with Crippen LogP contribution in [-0.2, 0) is 11.2 Å². The fourth-order valence-corrected chi connectivity index (χ4v) is 3.21. The van der Waals surface area contributed by atoms with Crippen molar-refractivity contribution in [2.45, 2.75) is 46.0 Å². The summed E-state index contributed by atoms with van der Waals surface area (Å²) in [7, 11) is 1.47. The Morgan fingerprint density at radius 1 is 1.17 bits per heavy atom. The molecule has 164 valence electrons. The fraction of sp³-hybridized carbons (Fsp3) is 0.550. The minimum atomic E-state index is -1.18. The predicted octanol–water partition coefficient (Wildman–Crippen LogP) is 4.55. The van der Waals surface area contributed by atoms with Gasteiger partial charge in [-0.2, -0.15) is 5.10 Å². The number of methoxy groups -OCH3 is 2. The van der Waals surface area contributed by atoms with Gasteiger partial charge in [0.1, 0.15) is 6.73 Å². The van der Waals surface area contributed by atoms with E-state index in [-0.39, 0.29) is 30.2 Å². The van der Waals surface area contributed by atoms with Crippen LogP contribution in [-0.4, -0.2) is 46.9 Å². The van der Waals surface area contributed by atoms with Crippen molar-refractivity contribution in [3.05, 3.63) is 35.0 Å². The molecule has 0 unspecified atom stereocenters. The smallest absolute Gasteiger partial charge is 0.171 e. The molecule has 0 amide bonds. The number of hydrazine groups is 1. The lowest BCUT2D eigenvalue weighted by Gasteiger charge is -2.22. The summed E-state index contributed by atoms with van der Waals surface area (Å²) in [5.41, 5.74) is 3.42. The zero-order valence-corrected chi connectivity index (χ0v) is 19.4. The number of hydrogen-bond acceptors (Lipinski definition) is 6. The molecule has 0 radical (unpaired) electrons. The van der Waals surface area contributed by atoms with Gasteiger partial charge in [-0.25, -0.2) is 14.3 Å². The molecule has 0 spiro atoms. The zero-order chi connectivity index (χ0) is 22.0. The Labute approximate surface area is 173 Å². The van der Waals surface area contributed by atoms with Gasteiger partial charge in [-0.1, -0.05) is 25.2 Å². The van der Waals surface area contributed by atoms with Gasteiger partial charge in [-0.15, -0.1) is 0 Å². The topological polar surface area (TPSA) is 55.3 Å². The average Bonchev–Trinajstić information content (AvgIpc) is 2.65. The van der Waals surface area contributed by atoms with Crippen molar-refractivity contribution in [2.24, 2.45) is 5.10 Å². The molecule has 0 atom stereocenters. The Kier molecular flexibility index (Phi) is 10.1. The van der Waals surface area contributed by atoms with Crippen molar-refractivity contribution in [1.82, 2.24) is 10.5 Å². The monoisotopic (exact) mass is 429 g/mol. The molecule has 0 bridgehead atoms. The third-order valence-corrected chi connectivity index (χ3v) is 5.74. The van der Waals surface area contributed by atoms with Crippen LogP contribution < -0.4 is 15.0 Å². The molecule has 0 saturated carbocycles. The van der Waals surface area contributed by atoms with Crippen molar-refractivity contribution in [3.8, 4) is 11.5 Å². The number of hydrogen-bond donors (Lipinski definition) is 1. The standard InChI is InChI=1S/C20H33F2N3O3Si/c1-8-23-24-25(14-28-9-10-29(5,6)7)13-15(2)11-16-19(21)17(26-3)12-18(27-4)20(16)22/h8,12-13,24H,9-11,14H2,1-7H3/b15-13+,23-8-. The molecular formula is C20H33F2N3O3Si. The van der Waals surface area contributed by atoms with Gasteiger partial charge in [0.2, 0.25) is 0 Å². The lowest BCUT2D eigenvalue weighted by Crippen LogP contribution is -2.33. The minimum absolute atomic E-state index is 0.0359. The second kappa shape index (κ2) is 11.8. The third kappa shape index (κ3) is 8.41. The molecule has 0 saturated heterocycles. The first-order valence-corrected chi connectivity index (χ1v) is 13.2. The zero-order valence-electron chi connectivity index (χ0n) is 18.4. The first-order valence-electron chi connectivity index (χ1n) is 9.46. The third-order valence-electron chi connectivity index (χ3n) is 4.04. The number of hydrazone groups is 1. The maximum atomic E-state index is 14.6. The summed E-state index contributed by atoms with van der Waals surface area (Å²) >= 11 is 0. The van der Waals surface area contributed by atoms with Gasteiger partial charge in [-0.05, 0) is 19.9 Å². The van der Waals surface area contributed by atoms with Crippen LogP contribution in [0.4, 0.5) is 8.78 Å². The number of nitrogens with one attached hydrogen (secondary N) is 1. The van der Waals surface area contributed by atoms with E-state index < -0.39 is 19.7 Å². The molecule has 0 aliphatic carbocycles. The van der Waals surface area contributed by atoms with E-state index in [0.29, 0.717) is 12.2 Å². The van der Waals surface area contributed by atoms with Crippen molar-refractivity contribution in [1.29, 1.82) is 0 Å².